The minimum absolute atomic E-state index is 0. The van der Waals surface area contributed by atoms with E-state index in [9.17, 15) is 14.7 Å². The molecule has 1 amide bonds. The summed E-state index contributed by atoms with van der Waals surface area (Å²) in [6, 6.07) is 0. The number of anilines is 1. The van der Waals surface area contributed by atoms with Crippen molar-refractivity contribution in [3.63, 3.8) is 0 Å². The maximum atomic E-state index is 10.8. The van der Waals surface area contributed by atoms with Gasteiger partial charge in [-0.25, -0.2) is 0 Å². The van der Waals surface area contributed by atoms with E-state index in [4.69, 9.17) is 10.6 Å². The number of hydrogen-bond donors (Lipinski definition) is 2. The molecule has 0 atom stereocenters. The van der Waals surface area contributed by atoms with E-state index in [0.29, 0.717) is 19.4 Å². The van der Waals surface area contributed by atoms with Crippen molar-refractivity contribution in [2.45, 2.75) is 6.42 Å². The maximum absolute atomic E-state index is 10.8. The first-order valence-electron chi connectivity index (χ1n) is 4.84. The zero-order valence-corrected chi connectivity index (χ0v) is 13.0. The van der Waals surface area contributed by atoms with Gasteiger partial charge in [0.2, 0.25) is 11.5 Å². The summed E-state index contributed by atoms with van der Waals surface area (Å²) < 4.78 is 3.71. The van der Waals surface area contributed by atoms with E-state index in [1.807, 2.05) is 0 Å². The number of hydrogen-bond acceptors (Lipinski definition) is 9. The molecule has 0 aliphatic rings. The van der Waals surface area contributed by atoms with Crippen molar-refractivity contribution < 1.29 is 49.1 Å². The quantitative estimate of drug-likeness (QED) is 0.161. The number of aromatic nitrogens is 2. The smallest absolute Gasteiger partial charge is 0.543 e. The van der Waals surface area contributed by atoms with Crippen LogP contribution in [0, 0.1) is 0 Å². The molecule has 0 aliphatic carbocycles. The minimum atomic E-state index is -1.57. The maximum Gasteiger partial charge on any atom is 1.00 e. The van der Waals surface area contributed by atoms with Crippen LogP contribution in [0.4, 0.5) is 5.13 Å². The van der Waals surface area contributed by atoms with Gasteiger partial charge in [0, 0.05) is 11.5 Å². The number of amides is 1. The minimum Gasteiger partial charge on any atom is -0.543 e. The van der Waals surface area contributed by atoms with E-state index in [-0.39, 0.29) is 47.1 Å². The van der Waals surface area contributed by atoms with Gasteiger partial charge in [-0.1, -0.05) is 5.16 Å². The molecule has 1 rings (SSSR count). The van der Waals surface area contributed by atoms with Crippen molar-refractivity contribution in [2.24, 2.45) is 10.9 Å². The van der Waals surface area contributed by atoms with Crippen LogP contribution < -0.4 is 45.7 Å². The Morgan fingerprint density at radius 1 is 1.63 bits per heavy atom. The summed E-state index contributed by atoms with van der Waals surface area (Å²) >= 11 is 0.813. The Morgan fingerprint density at radius 3 is 2.95 bits per heavy atom. The van der Waals surface area contributed by atoms with Crippen LogP contribution in [-0.4, -0.2) is 40.6 Å². The number of oxime groups is 1. The summed E-state index contributed by atoms with van der Waals surface area (Å²) in [4.78, 5) is 29.5. The van der Waals surface area contributed by atoms with Gasteiger partial charge < -0.3 is 25.8 Å². The van der Waals surface area contributed by atoms with Crippen LogP contribution in [0.2, 0.25) is 0 Å². The zero-order chi connectivity index (χ0) is 13.4. The first-order chi connectivity index (χ1) is 8.69. The van der Waals surface area contributed by atoms with Gasteiger partial charge in [0.05, 0.1) is 5.97 Å². The molecule has 1 heterocycles. The Bertz CT molecular complexity index is 452. The molecule has 1 aromatic heterocycles. The van der Waals surface area contributed by atoms with Gasteiger partial charge in [-0.15, -0.1) is 0 Å². The summed E-state index contributed by atoms with van der Waals surface area (Å²) in [7, 11) is 0. The van der Waals surface area contributed by atoms with Crippen molar-refractivity contribution in [2.75, 3.05) is 18.5 Å². The Hall–Kier alpha value is -1.07. The molecule has 19 heavy (non-hydrogen) atoms. The van der Waals surface area contributed by atoms with E-state index in [1.165, 1.54) is 0 Å². The first kappa shape index (κ1) is 17.9. The number of carbonyl (C=O) groups is 2. The summed E-state index contributed by atoms with van der Waals surface area (Å²) in [6.45, 7) is 0.579. The molecule has 0 aliphatic heterocycles. The third kappa shape index (κ3) is 6.07. The van der Waals surface area contributed by atoms with E-state index in [2.05, 4.69) is 19.8 Å². The van der Waals surface area contributed by atoms with Crippen molar-refractivity contribution in [3.05, 3.63) is 5.82 Å². The van der Waals surface area contributed by atoms with Gasteiger partial charge in [0.25, 0.3) is 0 Å². The van der Waals surface area contributed by atoms with Crippen molar-refractivity contribution in [1.82, 2.24) is 9.36 Å². The molecule has 0 fully saturated rings. The molecule has 3 N–H and O–H groups in total. The molecule has 0 aromatic carbocycles. The molecule has 0 saturated heterocycles. The standard InChI is InChI=1S/C8H11N5O4S.Na/c9-2-1-3-17-12-5(7(15)16)6-11-8(10-4-14)18-13-6;/h4H,1-3,9H2,(H,15,16)(H,10,11,13,14);/q;+1/p-1/b12-5+;. The molecular formula is C8H10N5NaO4S. The molecule has 0 unspecified atom stereocenters. The van der Waals surface area contributed by atoms with Crippen molar-refractivity contribution in [3.8, 4) is 0 Å². The van der Waals surface area contributed by atoms with Crippen LogP contribution in [0.15, 0.2) is 5.16 Å². The van der Waals surface area contributed by atoms with Crippen LogP contribution in [0.25, 0.3) is 0 Å². The topological polar surface area (TPSA) is 143 Å². The van der Waals surface area contributed by atoms with Gasteiger partial charge in [0.1, 0.15) is 6.61 Å². The van der Waals surface area contributed by atoms with Gasteiger partial charge >= 0.3 is 29.6 Å². The second-order valence-electron chi connectivity index (χ2n) is 2.89. The summed E-state index contributed by atoms with van der Waals surface area (Å²) in [5.74, 6) is -1.75. The second-order valence-corrected chi connectivity index (χ2v) is 3.64. The Balaban J connectivity index is 0.00000324. The third-order valence-electron chi connectivity index (χ3n) is 1.61. The van der Waals surface area contributed by atoms with Gasteiger partial charge in [-0.3, -0.25) is 4.79 Å². The van der Waals surface area contributed by atoms with Gasteiger partial charge in [0.15, 0.2) is 11.5 Å². The molecule has 11 heteroatoms. The average Bonchev–Trinajstić information content (AvgIpc) is 2.77. The summed E-state index contributed by atoms with van der Waals surface area (Å²) in [6.07, 6.45) is 0.935. The van der Waals surface area contributed by atoms with E-state index < -0.39 is 11.7 Å². The number of carboxylic acid groups (broad SMARTS) is 1. The Morgan fingerprint density at radius 2 is 2.37 bits per heavy atom. The molecule has 0 saturated carbocycles. The van der Waals surface area contributed by atoms with Crippen LogP contribution >= 0.6 is 11.5 Å². The van der Waals surface area contributed by atoms with Gasteiger partial charge in [-0.2, -0.15) is 9.36 Å². The van der Waals surface area contributed by atoms with Gasteiger partial charge in [-0.05, 0) is 13.0 Å². The number of aliphatic carboxylic acids is 1. The Labute approximate surface area is 134 Å². The summed E-state index contributed by atoms with van der Waals surface area (Å²) in [5.41, 5.74) is 4.69. The summed E-state index contributed by atoms with van der Waals surface area (Å²) in [5, 5.41) is 16.6. The van der Waals surface area contributed by atoms with Crippen molar-refractivity contribution >= 4 is 34.8 Å². The van der Waals surface area contributed by atoms with E-state index in [1.54, 1.807) is 0 Å². The third-order valence-corrected chi connectivity index (χ3v) is 2.26. The first-order valence-corrected chi connectivity index (χ1v) is 5.62. The number of carbonyl (C=O) groups excluding carboxylic acids is 2. The number of carboxylic acids is 1. The normalized spacial score (nSPS) is 10.5. The molecular weight excluding hydrogens is 285 g/mol. The predicted molar refractivity (Wildman–Crippen MR) is 60.8 cm³/mol. The molecule has 98 valence electrons. The van der Waals surface area contributed by atoms with Crippen LogP contribution in [-0.2, 0) is 14.4 Å². The Kier molecular flexibility index (Phi) is 9.26. The van der Waals surface area contributed by atoms with E-state index >= 15 is 0 Å². The molecule has 0 spiro atoms. The molecule has 0 bridgehead atoms. The fraction of sp³-hybridized carbons (Fsp3) is 0.375. The van der Waals surface area contributed by atoms with Crippen LogP contribution in [0.3, 0.4) is 0 Å². The molecule has 1 aromatic rings. The number of nitrogens with zero attached hydrogens (tertiary/aromatic N) is 3. The second kappa shape index (κ2) is 9.81. The SMILES string of the molecule is NCCCO/N=C(/C(=O)[O-])c1nsc(NC=O)n1.[Na+]. The largest absolute Gasteiger partial charge is 1.00 e. The molecule has 9 nitrogen and oxygen atoms in total. The zero-order valence-electron chi connectivity index (χ0n) is 10.2. The van der Waals surface area contributed by atoms with Crippen LogP contribution in [0.5, 0.6) is 0 Å². The average molecular weight is 295 g/mol. The monoisotopic (exact) mass is 295 g/mol. The van der Waals surface area contributed by atoms with E-state index in [0.717, 1.165) is 11.5 Å². The predicted octanol–water partition coefficient (Wildman–Crippen LogP) is -5.07. The number of nitrogens with one attached hydrogen (secondary N) is 1. The molecule has 0 radical (unpaired) electrons. The van der Waals surface area contributed by atoms with Crippen molar-refractivity contribution in [1.29, 1.82) is 0 Å². The van der Waals surface area contributed by atoms with Crippen LogP contribution in [0.1, 0.15) is 12.2 Å². The fourth-order valence-electron chi connectivity index (χ4n) is 0.856. The number of nitrogens with two attached hydrogens (primary N) is 1. The fourth-order valence-corrected chi connectivity index (χ4v) is 1.38. The number of rotatable bonds is 8.